The first-order valence-corrected chi connectivity index (χ1v) is 9.34. The van der Waals surface area contributed by atoms with Gasteiger partial charge in [-0.05, 0) is 24.3 Å². The molecule has 1 amide bonds. The lowest BCUT2D eigenvalue weighted by atomic mass is 10.2. The number of hydrogen-bond acceptors (Lipinski definition) is 6. The van der Waals surface area contributed by atoms with E-state index >= 15 is 0 Å². The molecule has 0 unspecified atom stereocenters. The Morgan fingerprint density at radius 1 is 1.19 bits per heavy atom. The molecule has 0 atom stereocenters. The van der Waals surface area contributed by atoms with Crippen LogP contribution in [0.3, 0.4) is 0 Å². The van der Waals surface area contributed by atoms with E-state index in [9.17, 15) is 27.7 Å². The third-order valence-corrected chi connectivity index (χ3v) is 4.55. The van der Waals surface area contributed by atoms with Crippen molar-refractivity contribution in [2.24, 2.45) is 0 Å². The molecule has 0 aliphatic heterocycles. The zero-order valence-electron chi connectivity index (χ0n) is 13.7. The third-order valence-electron chi connectivity index (χ3n) is 3.44. The van der Waals surface area contributed by atoms with Crippen molar-refractivity contribution in [2.75, 3.05) is 24.7 Å². The molecule has 0 heterocycles. The van der Waals surface area contributed by atoms with Gasteiger partial charge in [0.05, 0.1) is 15.4 Å². The summed E-state index contributed by atoms with van der Waals surface area (Å²) in [6, 6.07) is 9.01. The van der Waals surface area contributed by atoms with Crippen molar-refractivity contribution in [2.45, 2.75) is 4.90 Å². The molecule has 0 saturated heterocycles. The standard InChI is InChI=1S/C16H16FN3O5S/c1-26(24,25)11-6-7-14(15(10-11)20(22)23)18-8-9-19-16(21)12-4-2-3-5-13(12)17/h2-7,10,18H,8-9H2,1H3,(H,19,21). The van der Waals surface area contributed by atoms with Crippen molar-refractivity contribution in [3.05, 3.63) is 64.0 Å². The van der Waals surface area contributed by atoms with Gasteiger partial charge in [0.1, 0.15) is 11.5 Å². The van der Waals surface area contributed by atoms with Crippen molar-refractivity contribution in [1.29, 1.82) is 0 Å². The Hall–Kier alpha value is -3.01. The summed E-state index contributed by atoms with van der Waals surface area (Å²) in [6.07, 6.45) is 0.956. The maximum absolute atomic E-state index is 13.5. The van der Waals surface area contributed by atoms with E-state index < -0.39 is 32.2 Å². The van der Waals surface area contributed by atoms with Gasteiger partial charge in [0.2, 0.25) is 0 Å². The van der Waals surface area contributed by atoms with Crippen LogP contribution in [0.4, 0.5) is 15.8 Å². The number of anilines is 1. The fourth-order valence-electron chi connectivity index (χ4n) is 2.16. The molecule has 0 saturated carbocycles. The second kappa shape index (κ2) is 7.91. The highest BCUT2D eigenvalue weighted by Crippen LogP contribution is 2.27. The fraction of sp³-hybridized carbons (Fsp3) is 0.188. The molecular formula is C16H16FN3O5S. The highest BCUT2D eigenvalue weighted by Gasteiger charge is 2.18. The fourth-order valence-corrected chi connectivity index (χ4v) is 2.80. The number of amides is 1. The Balaban J connectivity index is 2.00. The van der Waals surface area contributed by atoms with Gasteiger partial charge in [0, 0.05) is 25.4 Å². The zero-order chi connectivity index (χ0) is 19.3. The Morgan fingerprint density at radius 3 is 2.50 bits per heavy atom. The van der Waals surface area contributed by atoms with E-state index in [1.165, 1.54) is 36.4 Å². The Labute approximate surface area is 149 Å². The van der Waals surface area contributed by atoms with Crippen LogP contribution in [0.2, 0.25) is 0 Å². The number of halogens is 1. The van der Waals surface area contributed by atoms with Gasteiger partial charge in [-0.1, -0.05) is 12.1 Å². The summed E-state index contributed by atoms with van der Waals surface area (Å²) < 4.78 is 36.5. The number of nitro benzene ring substituents is 1. The van der Waals surface area contributed by atoms with Crippen molar-refractivity contribution in [3.63, 3.8) is 0 Å². The minimum Gasteiger partial charge on any atom is -0.378 e. The Kier molecular flexibility index (Phi) is 5.88. The number of nitrogens with zero attached hydrogens (tertiary/aromatic N) is 1. The van der Waals surface area contributed by atoms with Crippen LogP contribution in [0.1, 0.15) is 10.4 Å². The van der Waals surface area contributed by atoms with Crippen LogP contribution in [0.5, 0.6) is 0 Å². The smallest absolute Gasteiger partial charge is 0.293 e. The monoisotopic (exact) mass is 381 g/mol. The van der Waals surface area contributed by atoms with E-state index in [0.29, 0.717) is 0 Å². The molecule has 10 heteroatoms. The van der Waals surface area contributed by atoms with Crippen LogP contribution in [-0.2, 0) is 9.84 Å². The lowest BCUT2D eigenvalue weighted by Crippen LogP contribution is -2.29. The molecule has 26 heavy (non-hydrogen) atoms. The predicted molar refractivity (Wildman–Crippen MR) is 93.4 cm³/mol. The average molecular weight is 381 g/mol. The molecule has 2 aromatic carbocycles. The molecule has 0 aromatic heterocycles. The van der Waals surface area contributed by atoms with Gasteiger partial charge in [-0.15, -0.1) is 0 Å². The largest absolute Gasteiger partial charge is 0.378 e. The highest BCUT2D eigenvalue weighted by atomic mass is 32.2. The van der Waals surface area contributed by atoms with E-state index in [4.69, 9.17) is 0 Å². The molecule has 2 aromatic rings. The van der Waals surface area contributed by atoms with Crippen LogP contribution < -0.4 is 10.6 Å². The summed E-state index contributed by atoms with van der Waals surface area (Å²) in [6.45, 7) is 0.206. The number of benzene rings is 2. The number of nitrogens with one attached hydrogen (secondary N) is 2. The summed E-state index contributed by atoms with van der Waals surface area (Å²) >= 11 is 0. The van der Waals surface area contributed by atoms with Gasteiger partial charge < -0.3 is 10.6 Å². The van der Waals surface area contributed by atoms with Gasteiger partial charge in [-0.25, -0.2) is 12.8 Å². The molecule has 2 N–H and O–H groups in total. The number of carbonyl (C=O) groups is 1. The average Bonchev–Trinajstić information content (AvgIpc) is 2.58. The van der Waals surface area contributed by atoms with Crippen LogP contribution in [-0.4, -0.2) is 38.6 Å². The molecule has 8 nitrogen and oxygen atoms in total. The Morgan fingerprint density at radius 2 is 1.88 bits per heavy atom. The third kappa shape index (κ3) is 4.76. The van der Waals surface area contributed by atoms with E-state index in [1.807, 2.05) is 0 Å². The van der Waals surface area contributed by atoms with Gasteiger partial charge in [0.25, 0.3) is 11.6 Å². The van der Waals surface area contributed by atoms with Gasteiger partial charge >= 0.3 is 0 Å². The first kappa shape index (κ1) is 19.3. The van der Waals surface area contributed by atoms with E-state index in [0.717, 1.165) is 12.3 Å². The molecule has 0 fully saturated rings. The molecule has 2 rings (SSSR count). The minimum atomic E-state index is -3.57. The lowest BCUT2D eigenvalue weighted by Gasteiger charge is -2.09. The van der Waals surface area contributed by atoms with Crippen molar-refractivity contribution >= 4 is 27.1 Å². The minimum absolute atomic E-state index is 0.0815. The predicted octanol–water partition coefficient (Wildman–Crippen LogP) is 1.98. The summed E-state index contributed by atoms with van der Waals surface area (Å²) in [7, 11) is -3.57. The lowest BCUT2D eigenvalue weighted by molar-refractivity contribution is -0.384. The maximum atomic E-state index is 13.5. The topological polar surface area (TPSA) is 118 Å². The van der Waals surface area contributed by atoms with E-state index in [1.54, 1.807) is 0 Å². The normalized spacial score (nSPS) is 11.0. The van der Waals surface area contributed by atoms with E-state index in [-0.39, 0.29) is 29.2 Å². The van der Waals surface area contributed by atoms with Crippen molar-refractivity contribution < 1.29 is 22.5 Å². The number of rotatable bonds is 7. The number of nitro groups is 1. The van der Waals surface area contributed by atoms with Crippen LogP contribution >= 0.6 is 0 Å². The van der Waals surface area contributed by atoms with Gasteiger partial charge in [0.15, 0.2) is 9.84 Å². The number of hydrogen-bond donors (Lipinski definition) is 2. The first-order valence-electron chi connectivity index (χ1n) is 7.45. The van der Waals surface area contributed by atoms with Gasteiger partial charge in [-0.3, -0.25) is 14.9 Å². The zero-order valence-corrected chi connectivity index (χ0v) is 14.5. The van der Waals surface area contributed by atoms with E-state index in [2.05, 4.69) is 10.6 Å². The van der Waals surface area contributed by atoms with Crippen LogP contribution in [0.15, 0.2) is 47.4 Å². The van der Waals surface area contributed by atoms with Gasteiger partial charge in [-0.2, -0.15) is 0 Å². The summed E-state index contributed by atoms with van der Waals surface area (Å²) in [5.41, 5.74) is -0.383. The molecule has 0 bridgehead atoms. The molecular weight excluding hydrogens is 365 g/mol. The quantitative estimate of drug-likeness (QED) is 0.430. The maximum Gasteiger partial charge on any atom is 0.293 e. The molecule has 0 spiro atoms. The van der Waals surface area contributed by atoms with Crippen molar-refractivity contribution in [3.8, 4) is 0 Å². The molecule has 0 aliphatic rings. The molecule has 0 aliphatic carbocycles. The number of carbonyl (C=O) groups excluding carboxylic acids is 1. The second-order valence-corrected chi connectivity index (χ2v) is 7.39. The summed E-state index contributed by atoms with van der Waals surface area (Å²) in [5.74, 6) is -1.25. The highest BCUT2D eigenvalue weighted by molar-refractivity contribution is 7.90. The first-order chi connectivity index (χ1) is 12.2. The second-order valence-electron chi connectivity index (χ2n) is 5.37. The number of sulfone groups is 1. The summed E-state index contributed by atoms with van der Waals surface area (Å²) in [4.78, 5) is 22.1. The molecule has 0 radical (unpaired) electrons. The summed E-state index contributed by atoms with van der Waals surface area (Å²) in [5, 5.41) is 16.4. The van der Waals surface area contributed by atoms with Crippen LogP contribution in [0, 0.1) is 15.9 Å². The van der Waals surface area contributed by atoms with Crippen molar-refractivity contribution in [1.82, 2.24) is 5.32 Å². The SMILES string of the molecule is CS(=O)(=O)c1ccc(NCCNC(=O)c2ccccc2F)c([N+](=O)[O-])c1. The molecule has 138 valence electrons. The van der Waals surface area contributed by atoms with Crippen LogP contribution in [0.25, 0.3) is 0 Å². The Bertz CT molecular complexity index is 947.